The van der Waals surface area contributed by atoms with Gasteiger partial charge in [-0.25, -0.2) is 8.78 Å². The maximum absolute atomic E-state index is 13.9. The first-order chi connectivity index (χ1) is 15.3. The van der Waals surface area contributed by atoms with Crippen LogP contribution >= 0.6 is 0 Å². The number of hydrogen-bond donors (Lipinski definition) is 0. The zero-order valence-electron chi connectivity index (χ0n) is 17.3. The number of hydrogen-bond acceptors (Lipinski definition) is 2. The largest absolute Gasteiger partial charge is 0.419 e. The molecule has 2 rings (SSSR count). The summed E-state index contributed by atoms with van der Waals surface area (Å²) in [6.45, 7) is 1.65. The summed E-state index contributed by atoms with van der Waals surface area (Å²) in [6.07, 6.45) is -7.62. The summed E-state index contributed by atoms with van der Waals surface area (Å²) in [6, 6.07) is 2.72. The van der Waals surface area contributed by atoms with Gasteiger partial charge in [0.1, 0.15) is 11.6 Å². The number of nitrogens with zero attached hydrogens (tertiary/aromatic N) is 1. The van der Waals surface area contributed by atoms with Gasteiger partial charge in [-0.1, -0.05) is 26.2 Å². The van der Waals surface area contributed by atoms with E-state index in [9.17, 15) is 44.7 Å². The third-order valence-corrected chi connectivity index (χ3v) is 4.77. The fourth-order valence-corrected chi connectivity index (χ4v) is 3.06. The summed E-state index contributed by atoms with van der Waals surface area (Å²) < 4.78 is 105. The van der Waals surface area contributed by atoms with Crippen molar-refractivity contribution in [3.05, 3.63) is 70.3 Å². The van der Waals surface area contributed by atoms with E-state index in [2.05, 4.69) is 0 Å². The topological polar surface area (TPSA) is 37.4 Å². The Kier molecular flexibility index (Phi) is 8.20. The molecule has 3 nitrogen and oxygen atoms in total. The van der Waals surface area contributed by atoms with Gasteiger partial charge in [0.15, 0.2) is 0 Å². The molecule has 0 spiro atoms. The summed E-state index contributed by atoms with van der Waals surface area (Å²) in [5.74, 6) is -5.78. The van der Waals surface area contributed by atoms with Gasteiger partial charge in [0, 0.05) is 17.7 Å². The van der Waals surface area contributed by atoms with Crippen LogP contribution in [0, 0.1) is 11.6 Å². The van der Waals surface area contributed by atoms with Crippen LogP contribution in [0.1, 0.15) is 64.4 Å². The van der Waals surface area contributed by atoms with Crippen molar-refractivity contribution in [2.45, 2.75) is 45.0 Å². The maximum atomic E-state index is 13.9. The number of rotatable bonds is 7. The average Bonchev–Trinajstić information content (AvgIpc) is 2.71. The van der Waals surface area contributed by atoms with Gasteiger partial charge in [-0.2, -0.15) is 26.3 Å². The Morgan fingerprint density at radius 2 is 1.15 bits per heavy atom. The van der Waals surface area contributed by atoms with Crippen LogP contribution in [-0.4, -0.2) is 23.3 Å². The Balaban J connectivity index is 2.40. The molecule has 0 saturated carbocycles. The lowest BCUT2D eigenvalue weighted by Gasteiger charge is -2.22. The van der Waals surface area contributed by atoms with Crippen LogP contribution in [0.4, 0.5) is 35.1 Å². The molecule has 0 bridgehead atoms. The van der Waals surface area contributed by atoms with E-state index in [1.807, 2.05) is 6.92 Å². The minimum atomic E-state index is -5.00. The fraction of sp³-hybridized carbons (Fsp3) is 0.364. The average molecular weight is 481 g/mol. The molecular weight excluding hydrogens is 462 g/mol. The van der Waals surface area contributed by atoms with Crippen LogP contribution in [0.5, 0.6) is 0 Å². The van der Waals surface area contributed by atoms with Crippen LogP contribution in [0.3, 0.4) is 0 Å². The molecule has 0 N–H and O–H groups in total. The number of carbonyl (C=O) groups is 2. The highest BCUT2D eigenvalue weighted by atomic mass is 19.4. The van der Waals surface area contributed by atoms with E-state index in [-0.39, 0.29) is 13.0 Å². The van der Waals surface area contributed by atoms with Crippen molar-refractivity contribution < 1.29 is 44.7 Å². The summed E-state index contributed by atoms with van der Waals surface area (Å²) in [7, 11) is 0. The number of alkyl halides is 6. The normalized spacial score (nSPS) is 12.0. The van der Waals surface area contributed by atoms with E-state index >= 15 is 0 Å². The van der Waals surface area contributed by atoms with E-state index in [0.29, 0.717) is 47.7 Å². The van der Waals surface area contributed by atoms with Crippen LogP contribution in [0.25, 0.3) is 0 Å². The van der Waals surface area contributed by atoms with Crippen molar-refractivity contribution in [3.8, 4) is 0 Å². The highest BCUT2D eigenvalue weighted by Gasteiger charge is 2.36. The molecule has 0 fully saturated rings. The Labute approximate surface area is 184 Å². The van der Waals surface area contributed by atoms with E-state index in [1.165, 1.54) is 0 Å². The monoisotopic (exact) mass is 481 g/mol. The van der Waals surface area contributed by atoms with Gasteiger partial charge in [-0.15, -0.1) is 0 Å². The first-order valence-electron chi connectivity index (χ1n) is 9.87. The molecular formula is C22H19F8NO2. The summed E-state index contributed by atoms with van der Waals surface area (Å²) >= 11 is 0. The minimum absolute atomic E-state index is 0.247. The number of amides is 2. The molecule has 11 heteroatoms. The van der Waals surface area contributed by atoms with Gasteiger partial charge in [0.25, 0.3) is 11.8 Å². The molecule has 0 radical (unpaired) electrons. The van der Waals surface area contributed by atoms with Gasteiger partial charge in [0.2, 0.25) is 0 Å². The van der Waals surface area contributed by atoms with Crippen LogP contribution in [0.15, 0.2) is 36.4 Å². The molecule has 0 aliphatic carbocycles. The van der Waals surface area contributed by atoms with Crippen molar-refractivity contribution in [3.63, 3.8) is 0 Å². The first kappa shape index (κ1) is 26.3. The molecule has 2 aromatic carbocycles. The molecule has 0 saturated heterocycles. The van der Waals surface area contributed by atoms with Crippen molar-refractivity contribution in [2.75, 3.05) is 6.54 Å². The molecule has 33 heavy (non-hydrogen) atoms. The Bertz CT molecular complexity index is 939. The van der Waals surface area contributed by atoms with Crippen LogP contribution in [-0.2, 0) is 12.4 Å². The van der Waals surface area contributed by atoms with E-state index < -0.39 is 58.1 Å². The lowest BCUT2D eigenvalue weighted by molar-refractivity contribution is -0.140. The summed E-state index contributed by atoms with van der Waals surface area (Å²) in [5, 5.41) is 0. The van der Waals surface area contributed by atoms with Gasteiger partial charge < -0.3 is 0 Å². The lowest BCUT2D eigenvalue weighted by Crippen LogP contribution is -2.38. The first-order valence-corrected chi connectivity index (χ1v) is 9.87. The molecule has 0 aliphatic heterocycles. The molecule has 2 aromatic rings. The molecule has 0 unspecified atom stereocenters. The Morgan fingerprint density at radius 3 is 1.48 bits per heavy atom. The number of unbranched alkanes of at least 4 members (excludes halogenated alkanes) is 3. The van der Waals surface area contributed by atoms with Gasteiger partial charge in [-0.05, 0) is 42.8 Å². The van der Waals surface area contributed by atoms with E-state index in [1.54, 1.807) is 0 Å². The second kappa shape index (κ2) is 10.3. The standard InChI is InChI=1S/C22H19F8NO2/c1-2-3-4-5-10-31(19(32)13-6-8-15(17(23)11-13)21(25,26)27)20(33)14-7-9-16(18(24)12-14)22(28,29)30/h6-9,11-12H,2-5,10H2,1H3. The number of benzene rings is 2. The second-order valence-corrected chi connectivity index (χ2v) is 7.21. The SMILES string of the molecule is CCCCCCN(C(=O)c1ccc(C(F)(F)F)c(F)c1)C(=O)c1ccc(C(F)(F)F)c(F)c1. The Morgan fingerprint density at radius 1 is 0.727 bits per heavy atom. The van der Waals surface area contributed by atoms with Crippen LogP contribution in [0.2, 0.25) is 0 Å². The van der Waals surface area contributed by atoms with E-state index in [4.69, 9.17) is 0 Å². The van der Waals surface area contributed by atoms with Crippen molar-refractivity contribution in [2.24, 2.45) is 0 Å². The highest BCUT2D eigenvalue weighted by Crippen LogP contribution is 2.33. The third-order valence-electron chi connectivity index (χ3n) is 4.77. The zero-order chi connectivity index (χ0) is 25.0. The van der Waals surface area contributed by atoms with Crippen molar-refractivity contribution >= 4 is 11.8 Å². The minimum Gasteiger partial charge on any atom is -0.274 e. The van der Waals surface area contributed by atoms with Crippen molar-refractivity contribution in [1.82, 2.24) is 4.90 Å². The highest BCUT2D eigenvalue weighted by molar-refractivity contribution is 6.10. The molecule has 0 atom stereocenters. The summed E-state index contributed by atoms with van der Waals surface area (Å²) in [5.41, 5.74) is -4.36. The maximum Gasteiger partial charge on any atom is 0.419 e. The fourth-order valence-electron chi connectivity index (χ4n) is 3.06. The quantitative estimate of drug-likeness (QED) is 0.246. The molecule has 2 amide bonds. The lowest BCUT2D eigenvalue weighted by atomic mass is 10.1. The number of halogens is 8. The number of imide groups is 1. The van der Waals surface area contributed by atoms with Crippen molar-refractivity contribution in [1.29, 1.82) is 0 Å². The smallest absolute Gasteiger partial charge is 0.274 e. The van der Waals surface area contributed by atoms with Gasteiger partial charge in [0.05, 0.1) is 11.1 Å². The predicted molar refractivity (Wildman–Crippen MR) is 102 cm³/mol. The molecule has 0 heterocycles. The van der Waals surface area contributed by atoms with Gasteiger partial charge >= 0.3 is 12.4 Å². The summed E-state index contributed by atoms with van der Waals surface area (Å²) in [4.78, 5) is 26.2. The predicted octanol–water partition coefficient (Wildman–Crippen LogP) is 6.87. The van der Waals surface area contributed by atoms with Gasteiger partial charge in [-0.3, -0.25) is 14.5 Å². The zero-order valence-corrected chi connectivity index (χ0v) is 17.3. The Hall–Kier alpha value is -2.98. The van der Waals surface area contributed by atoms with Crippen LogP contribution < -0.4 is 0 Å². The van der Waals surface area contributed by atoms with E-state index in [0.717, 1.165) is 12.8 Å². The third kappa shape index (κ3) is 6.52. The molecule has 0 aromatic heterocycles. The number of carbonyl (C=O) groups excluding carboxylic acids is 2. The molecule has 180 valence electrons. The molecule has 0 aliphatic rings. The second-order valence-electron chi connectivity index (χ2n) is 7.21.